The Bertz CT molecular complexity index is 856. The maximum Gasteiger partial charge on any atom is 0.104 e. The molecule has 2 atom stereocenters. The third-order valence-electron chi connectivity index (χ3n) is 4.87. The lowest BCUT2D eigenvalue weighted by Gasteiger charge is -2.22. The van der Waals surface area contributed by atoms with Gasteiger partial charge in [0.05, 0.1) is 55.2 Å². The van der Waals surface area contributed by atoms with Gasteiger partial charge in [0.15, 0.2) is 0 Å². The van der Waals surface area contributed by atoms with Crippen LogP contribution in [0.1, 0.15) is 19.9 Å². The van der Waals surface area contributed by atoms with Crippen LogP contribution in [-0.2, 0) is 16.0 Å². The Hall–Kier alpha value is -2.44. The number of aryl methyl sites for hydroxylation is 1. The van der Waals surface area contributed by atoms with Crippen LogP contribution in [0.15, 0.2) is 49.2 Å². The summed E-state index contributed by atoms with van der Waals surface area (Å²) in [6.07, 6.45) is 5.73. The average molecular weight is 352 g/mol. The second-order valence-electron chi connectivity index (χ2n) is 6.38. The maximum absolute atomic E-state index is 5.92. The van der Waals surface area contributed by atoms with E-state index in [0.29, 0.717) is 19.8 Å². The highest BCUT2D eigenvalue weighted by molar-refractivity contribution is 5.77. The summed E-state index contributed by atoms with van der Waals surface area (Å²) in [7, 11) is 0. The SMILES string of the molecule is CCO[C@H]1COC[C@@H]1n1cnc(-c2ccccc2)c1-c1cncn1CC. The highest BCUT2D eigenvalue weighted by atomic mass is 16.5. The number of aromatic nitrogens is 4. The van der Waals surface area contributed by atoms with Gasteiger partial charge < -0.3 is 18.6 Å². The molecule has 3 heterocycles. The molecule has 0 spiro atoms. The first-order chi connectivity index (χ1) is 12.8. The van der Waals surface area contributed by atoms with Crippen molar-refractivity contribution in [1.29, 1.82) is 0 Å². The van der Waals surface area contributed by atoms with Crippen LogP contribution >= 0.6 is 0 Å². The van der Waals surface area contributed by atoms with Gasteiger partial charge in [-0.2, -0.15) is 0 Å². The number of nitrogens with zero attached hydrogens (tertiary/aromatic N) is 4. The van der Waals surface area contributed by atoms with Gasteiger partial charge in [0, 0.05) is 18.7 Å². The molecule has 0 radical (unpaired) electrons. The first-order valence-corrected chi connectivity index (χ1v) is 9.15. The van der Waals surface area contributed by atoms with Gasteiger partial charge in [0.1, 0.15) is 6.10 Å². The second kappa shape index (κ2) is 7.43. The molecule has 0 aliphatic carbocycles. The van der Waals surface area contributed by atoms with Crippen LogP contribution < -0.4 is 0 Å². The van der Waals surface area contributed by atoms with Gasteiger partial charge >= 0.3 is 0 Å². The Morgan fingerprint density at radius 2 is 2.00 bits per heavy atom. The summed E-state index contributed by atoms with van der Waals surface area (Å²) in [5.41, 5.74) is 4.18. The van der Waals surface area contributed by atoms with Crippen molar-refractivity contribution in [1.82, 2.24) is 19.1 Å². The van der Waals surface area contributed by atoms with Gasteiger partial charge in [-0.25, -0.2) is 9.97 Å². The molecular weight excluding hydrogens is 328 g/mol. The zero-order valence-electron chi connectivity index (χ0n) is 15.2. The first-order valence-electron chi connectivity index (χ1n) is 9.15. The summed E-state index contributed by atoms with van der Waals surface area (Å²) in [5, 5.41) is 0. The van der Waals surface area contributed by atoms with Crippen LogP contribution in [-0.4, -0.2) is 45.0 Å². The molecule has 1 fully saturated rings. The quantitative estimate of drug-likeness (QED) is 0.682. The summed E-state index contributed by atoms with van der Waals surface area (Å²) < 4.78 is 16.0. The Kier molecular flexibility index (Phi) is 4.86. The predicted molar refractivity (Wildman–Crippen MR) is 99.8 cm³/mol. The lowest BCUT2D eigenvalue weighted by molar-refractivity contribution is 0.0364. The molecule has 0 amide bonds. The minimum Gasteiger partial charge on any atom is -0.376 e. The minimum absolute atomic E-state index is 0.0366. The van der Waals surface area contributed by atoms with Gasteiger partial charge in [-0.05, 0) is 13.8 Å². The van der Waals surface area contributed by atoms with Crippen molar-refractivity contribution in [3.05, 3.63) is 49.2 Å². The summed E-state index contributed by atoms with van der Waals surface area (Å²) in [6.45, 7) is 6.91. The smallest absolute Gasteiger partial charge is 0.104 e. The molecule has 1 aliphatic rings. The molecule has 0 N–H and O–H groups in total. The molecule has 1 aromatic carbocycles. The lowest BCUT2D eigenvalue weighted by atomic mass is 10.1. The molecular formula is C20H24N4O2. The van der Waals surface area contributed by atoms with E-state index in [4.69, 9.17) is 14.5 Å². The zero-order valence-corrected chi connectivity index (χ0v) is 15.2. The Morgan fingerprint density at radius 3 is 2.77 bits per heavy atom. The molecule has 136 valence electrons. The van der Waals surface area contributed by atoms with Gasteiger partial charge in [-0.1, -0.05) is 30.3 Å². The molecule has 3 aromatic rings. The van der Waals surface area contributed by atoms with Gasteiger partial charge in [0.25, 0.3) is 0 Å². The van der Waals surface area contributed by atoms with Gasteiger partial charge in [0.2, 0.25) is 0 Å². The summed E-state index contributed by atoms with van der Waals surface area (Å²) in [4.78, 5) is 9.13. The van der Waals surface area contributed by atoms with E-state index in [0.717, 1.165) is 29.2 Å². The molecule has 1 aliphatic heterocycles. The van der Waals surface area contributed by atoms with Crippen molar-refractivity contribution in [3.63, 3.8) is 0 Å². The topological polar surface area (TPSA) is 54.1 Å². The molecule has 0 unspecified atom stereocenters. The normalized spacial score (nSPS) is 19.9. The summed E-state index contributed by atoms with van der Waals surface area (Å²) in [5.74, 6) is 0. The van der Waals surface area contributed by atoms with Crippen molar-refractivity contribution < 1.29 is 9.47 Å². The van der Waals surface area contributed by atoms with E-state index < -0.39 is 0 Å². The maximum atomic E-state index is 5.92. The minimum atomic E-state index is 0.0366. The van der Waals surface area contributed by atoms with E-state index in [-0.39, 0.29) is 12.1 Å². The van der Waals surface area contributed by atoms with Gasteiger partial charge in [-0.15, -0.1) is 0 Å². The Balaban J connectivity index is 1.86. The third-order valence-corrected chi connectivity index (χ3v) is 4.87. The number of imidazole rings is 2. The monoisotopic (exact) mass is 352 g/mol. The number of ether oxygens (including phenoxy) is 2. The number of hydrogen-bond acceptors (Lipinski definition) is 4. The second-order valence-corrected chi connectivity index (χ2v) is 6.38. The van der Waals surface area contributed by atoms with Crippen molar-refractivity contribution in [2.24, 2.45) is 0 Å². The van der Waals surface area contributed by atoms with Crippen LogP contribution in [0.4, 0.5) is 0 Å². The van der Waals surface area contributed by atoms with Crippen LogP contribution in [0.3, 0.4) is 0 Å². The van der Waals surface area contributed by atoms with Gasteiger partial charge in [-0.3, -0.25) is 0 Å². The van der Waals surface area contributed by atoms with Crippen molar-refractivity contribution in [2.45, 2.75) is 32.5 Å². The molecule has 0 bridgehead atoms. The van der Waals surface area contributed by atoms with Crippen LogP contribution in [0, 0.1) is 0 Å². The van der Waals surface area contributed by atoms with E-state index in [1.165, 1.54) is 0 Å². The molecule has 6 nitrogen and oxygen atoms in total. The van der Waals surface area contributed by atoms with Crippen molar-refractivity contribution in [3.8, 4) is 22.6 Å². The molecule has 2 aromatic heterocycles. The Morgan fingerprint density at radius 1 is 1.15 bits per heavy atom. The van der Waals surface area contributed by atoms with E-state index in [1.807, 2.05) is 44.0 Å². The number of rotatable bonds is 6. The lowest BCUT2D eigenvalue weighted by Crippen LogP contribution is -2.26. The molecule has 0 saturated carbocycles. The zero-order chi connectivity index (χ0) is 17.9. The standard InChI is InChI=1S/C20H24N4O2/c1-3-23-13-21-10-16(23)20-19(15-8-6-5-7-9-15)22-14-24(20)17-11-25-12-18(17)26-4-2/h5-10,13-14,17-18H,3-4,11-12H2,1-2H3/t17-,18-/m0/s1. The van der Waals surface area contributed by atoms with E-state index >= 15 is 0 Å². The number of benzene rings is 1. The highest BCUT2D eigenvalue weighted by Crippen LogP contribution is 2.35. The average Bonchev–Trinajstić information content (AvgIpc) is 3.40. The predicted octanol–water partition coefficient (Wildman–Crippen LogP) is 3.41. The first kappa shape index (κ1) is 17.0. The molecule has 1 saturated heterocycles. The Labute approximate surface area is 153 Å². The third kappa shape index (κ3) is 2.95. The molecule has 6 heteroatoms. The fourth-order valence-electron chi connectivity index (χ4n) is 3.60. The van der Waals surface area contributed by atoms with E-state index in [9.17, 15) is 0 Å². The largest absolute Gasteiger partial charge is 0.376 e. The fourth-order valence-corrected chi connectivity index (χ4v) is 3.60. The van der Waals surface area contributed by atoms with Crippen molar-refractivity contribution >= 4 is 0 Å². The highest BCUT2D eigenvalue weighted by Gasteiger charge is 2.33. The number of hydrogen-bond donors (Lipinski definition) is 0. The van der Waals surface area contributed by atoms with Crippen LogP contribution in [0.25, 0.3) is 22.6 Å². The molecule has 26 heavy (non-hydrogen) atoms. The van der Waals surface area contributed by atoms with E-state index in [1.54, 1.807) is 0 Å². The van der Waals surface area contributed by atoms with Crippen LogP contribution in [0.5, 0.6) is 0 Å². The summed E-state index contributed by atoms with van der Waals surface area (Å²) in [6, 6.07) is 10.4. The van der Waals surface area contributed by atoms with Crippen molar-refractivity contribution in [2.75, 3.05) is 19.8 Å². The van der Waals surface area contributed by atoms with Crippen LogP contribution in [0.2, 0.25) is 0 Å². The summed E-state index contributed by atoms with van der Waals surface area (Å²) >= 11 is 0. The fraction of sp³-hybridized carbons (Fsp3) is 0.400. The van der Waals surface area contributed by atoms with E-state index in [2.05, 4.69) is 33.2 Å². The molecule has 4 rings (SSSR count).